The molecule has 110 valence electrons. The van der Waals surface area contributed by atoms with Gasteiger partial charge in [0.25, 0.3) is 5.91 Å². The second-order valence-corrected chi connectivity index (χ2v) is 5.00. The average molecular weight is 305 g/mol. The summed E-state index contributed by atoms with van der Waals surface area (Å²) >= 11 is 5.98. The van der Waals surface area contributed by atoms with E-state index in [9.17, 15) is 4.79 Å². The third kappa shape index (κ3) is 3.47. The lowest BCUT2D eigenvalue weighted by Crippen LogP contribution is -2.16. The number of nitrogen functional groups attached to an aromatic ring is 1. The van der Waals surface area contributed by atoms with E-state index in [1.54, 1.807) is 24.3 Å². The van der Waals surface area contributed by atoms with Gasteiger partial charge in [-0.2, -0.15) is 0 Å². The van der Waals surface area contributed by atoms with E-state index in [1.807, 2.05) is 26.0 Å². The van der Waals surface area contributed by atoms with Gasteiger partial charge in [0.2, 0.25) is 0 Å². The largest absolute Gasteiger partial charge is 0.492 e. The molecule has 0 saturated carbocycles. The number of carbonyl (C=O) groups excluding carboxylic acids is 1. The van der Waals surface area contributed by atoms with Crippen LogP contribution in [0, 0.1) is 6.92 Å². The van der Waals surface area contributed by atoms with Gasteiger partial charge < -0.3 is 15.8 Å². The second-order valence-electron chi connectivity index (χ2n) is 4.57. The monoisotopic (exact) mass is 304 g/mol. The van der Waals surface area contributed by atoms with Gasteiger partial charge in [0, 0.05) is 10.7 Å². The molecule has 0 aliphatic carbocycles. The SMILES string of the molecule is CCOc1ccc(Cl)cc1NC(=O)c1c(C)cccc1N. The summed E-state index contributed by atoms with van der Waals surface area (Å²) < 4.78 is 5.48. The predicted octanol–water partition coefficient (Wildman–Crippen LogP) is 3.88. The van der Waals surface area contributed by atoms with Crippen LogP contribution in [0.5, 0.6) is 5.75 Å². The molecule has 0 aromatic heterocycles. The molecule has 4 nitrogen and oxygen atoms in total. The highest BCUT2D eigenvalue weighted by atomic mass is 35.5. The molecule has 0 radical (unpaired) electrons. The van der Waals surface area contributed by atoms with Crippen molar-refractivity contribution in [3.8, 4) is 5.75 Å². The number of hydrogen-bond acceptors (Lipinski definition) is 3. The molecule has 0 saturated heterocycles. The summed E-state index contributed by atoms with van der Waals surface area (Å²) in [5.41, 5.74) is 8.12. The van der Waals surface area contributed by atoms with Gasteiger partial charge in [-0.15, -0.1) is 0 Å². The number of rotatable bonds is 4. The Morgan fingerprint density at radius 2 is 2.10 bits per heavy atom. The molecule has 5 heteroatoms. The standard InChI is InChI=1S/C16H17ClN2O2/c1-3-21-14-8-7-11(17)9-13(14)19-16(20)15-10(2)5-4-6-12(15)18/h4-9H,3,18H2,1-2H3,(H,19,20). The minimum atomic E-state index is -0.284. The Labute approximate surface area is 128 Å². The van der Waals surface area contributed by atoms with E-state index >= 15 is 0 Å². The molecule has 0 fully saturated rings. The van der Waals surface area contributed by atoms with E-state index in [2.05, 4.69) is 5.32 Å². The smallest absolute Gasteiger partial charge is 0.258 e. The van der Waals surface area contributed by atoms with Crippen LogP contribution in [0.4, 0.5) is 11.4 Å². The fourth-order valence-electron chi connectivity index (χ4n) is 2.07. The number of anilines is 2. The zero-order valence-corrected chi connectivity index (χ0v) is 12.7. The molecule has 2 rings (SSSR count). The van der Waals surface area contributed by atoms with Gasteiger partial charge >= 0.3 is 0 Å². The Kier molecular flexibility index (Phi) is 4.70. The van der Waals surface area contributed by atoms with Gasteiger partial charge in [0.05, 0.1) is 17.9 Å². The molecule has 0 unspecified atom stereocenters. The minimum Gasteiger partial charge on any atom is -0.492 e. The van der Waals surface area contributed by atoms with Crippen LogP contribution in [0.1, 0.15) is 22.8 Å². The highest BCUT2D eigenvalue weighted by Crippen LogP contribution is 2.29. The van der Waals surface area contributed by atoms with Crippen molar-refractivity contribution in [1.29, 1.82) is 0 Å². The van der Waals surface area contributed by atoms with Crippen molar-refractivity contribution in [1.82, 2.24) is 0 Å². The fraction of sp³-hybridized carbons (Fsp3) is 0.188. The molecule has 2 aromatic carbocycles. The maximum atomic E-state index is 12.4. The first-order valence-corrected chi connectivity index (χ1v) is 6.99. The third-order valence-corrected chi connectivity index (χ3v) is 3.26. The Bertz CT molecular complexity index is 651. The van der Waals surface area contributed by atoms with E-state index in [0.717, 1.165) is 5.56 Å². The third-order valence-electron chi connectivity index (χ3n) is 3.02. The topological polar surface area (TPSA) is 64.3 Å². The van der Waals surface area contributed by atoms with Crippen LogP contribution >= 0.6 is 11.6 Å². The van der Waals surface area contributed by atoms with Crippen molar-refractivity contribution < 1.29 is 9.53 Å². The molecule has 21 heavy (non-hydrogen) atoms. The predicted molar refractivity (Wildman–Crippen MR) is 86.2 cm³/mol. The maximum absolute atomic E-state index is 12.4. The molecule has 0 aliphatic heterocycles. The van der Waals surface area contributed by atoms with Gasteiger partial charge in [-0.25, -0.2) is 0 Å². The summed E-state index contributed by atoms with van der Waals surface area (Å²) in [5.74, 6) is 0.288. The van der Waals surface area contributed by atoms with E-state index in [4.69, 9.17) is 22.1 Å². The molecule has 0 heterocycles. The molecular weight excluding hydrogens is 288 g/mol. The number of aryl methyl sites for hydroxylation is 1. The number of hydrogen-bond donors (Lipinski definition) is 2. The summed E-state index contributed by atoms with van der Waals surface area (Å²) in [5, 5.41) is 3.33. The van der Waals surface area contributed by atoms with Crippen LogP contribution in [0.2, 0.25) is 5.02 Å². The molecule has 2 aromatic rings. The van der Waals surface area contributed by atoms with Crippen LogP contribution in [0.15, 0.2) is 36.4 Å². The molecule has 0 aliphatic rings. The Hall–Kier alpha value is -2.20. The first-order chi connectivity index (χ1) is 10.0. The van der Waals surface area contributed by atoms with Crippen molar-refractivity contribution in [3.05, 3.63) is 52.5 Å². The highest BCUT2D eigenvalue weighted by Gasteiger charge is 2.15. The first kappa shape index (κ1) is 15.2. The zero-order chi connectivity index (χ0) is 15.4. The number of benzene rings is 2. The maximum Gasteiger partial charge on any atom is 0.258 e. The Balaban J connectivity index is 2.33. The van der Waals surface area contributed by atoms with Gasteiger partial charge in [0.15, 0.2) is 0 Å². The number of ether oxygens (including phenoxy) is 1. The molecular formula is C16H17ClN2O2. The molecule has 0 bridgehead atoms. The minimum absolute atomic E-state index is 0.284. The fourth-order valence-corrected chi connectivity index (χ4v) is 2.24. The lowest BCUT2D eigenvalue weighted by molar-refractivity contribution is 0.102. The van der Waals surface area contributed by atoms with E-state index < -0.39 is 0 Å². The lowest BCUT2D eigenvalue weighted by atomic mass is 10.1. The first-order valence-electron chi connectivity index (χ1n) is 6.61. The van der Waals surface area contributed by atoms with Crippen molar-refractivity contribution >= 4 is 28.9 Å². The quantitative estimate of drug-likeness (QED) is 0.842. The van der Waals surface area contributed by atoms with Crippen LogP contribution in [0.25, 0.3) is 0 Å². The number of halogens is 1. The van der Waals surface area contributed by atoms with Crippen molar-refractivity contribution in [2.45, 2.75) is 13.8 Å². The van der Waals surface area contributed by atoms with Gasteiger partial charge in [-0.05, 0) is 43.7 Å². The van der Waals surface area contributed by atoms with E-state index in [0.29, 0.717) is 34.3 Å². The molecule has 0 spiro atoms. The van der Waals surface area contributed by atoms with Crippen molar-refractivity contribution in [2.75, 3.05) is 17.7 Å². The van der Waals surface area contributed by atoms with Crippen molar-refractivity contribution in [2.24, 2.45) is 0 Å². The summed E-state index contributed by atoms with van der Waals surface area (Å²) in [6, 6.07) is 10.4. The Morgan fingerprint density at radius 1 is 1.33 bits per heavy atom. The molecule has 0 atom stereocenters. The van der Waals surface area contributed by atoms with Crippen LogP contribution < -0.4 is 15.8 Å². The highest BCUT2D eigenvalue weighted by molar-refractivity contribution is 6.31. The zero-order valence-electron chi connectivity index (χ0n) is 11.9. The number of nitrogens with one attached hydrogen (secondary N) is 1. The van der Waals surface area contributed by atoms with Crippen LogP contribution in [0.3, 0.4) is 0 Å². The second kappa shape index (κ2) is 6.50. The molecule has 3 N–H and O–H groups in total. The number of nitrogens with two attached hydrogens (primary N) is 1. The van der Waals surface area contributed by atoms with E-state index in [-0.39, 0.29) is 5.91 Å². The number of amides is 1. The Morgan fingerprint density at radius 3 is 2.76 bits per heavy atom. The van der Waals surface area contributed by atoms with E-state index in [1.165, 1.54) is 0 Å². The summed E-state index contributed by atoms with van der Waals surface area (Å²) in [6.07, 6.45) is 0. The lowest BCUT2D eigenvalue weighted by Gasteiger charge is -2.14. The number of carbonyl (C=O) groups is 1. The van der Waals surface area contributed by atoms with Crippen molar-refractivity contribution in [3.63, 3.8) is 0 Å². The van der Waals surface area contributed by atoms with Gasteiger partial charge in [-0.1, -0.05) is 23.7 Å². The van der Waals surface area contributed by atoms with Gasteiger partial charge in [0.1, 0.15) is 5.75 Å². The van der Waals surface area contributed by atoms with Crippen LogP contribution in [-0.2, 0) is 0 Å². The summed E-state index contributed by atoms with van der Waals surface area (Å²) in [7, 11) is 0. The van der Waals surface area contributed by atoms with Gasteiger partial charge in [-0.3, -0.25) is 4.79 Å². The van der Waals surface area contributed by atoms with Crippen LogP contribution in [-0.4, -0.2) is 12.5 Å². The summed E-state index contributed by atoms with van der Waals surface area (Å²) in [4.78, 5) is 12.4. The summed E-state index contributed by atoms with van der Waals surface area (Å²) in [6.45, 7) is 4.21. The average Bonchev–Trinajstić information content (AvgIpc) is 2.42. The molecule has 1 amide bonds. The normalized spacial score (nSPS) is 10.2.